The van der Waals surface area contributed by atoms with Crippen molar-refractivity contribution in [2.24, 2.45) is 0 Å². The number of ether oxygens (including phenoxy) is 1. The molecule has 1 atom stereocenters. The van der Waals surface area contributed by atoms with Gasteiger partial charge in [0.15, 0.2) is 0 Å². The fourth-order valence-electron chi connectivity index (χ4n) is 3.44. The average molecular weight is 333 g/mol. The van der Waals surface area contributed by atoms with Crippen LogP contribution >= 0.6 is 0 Å². The Labute approximate surface area is 146 Å². The molecule has 1 amide bonds. The summed E-state index contributed by atoms with van der Waals surface area (Å²) in [5.74, 6) is 1.27. The van der Waals surface area contributed by atoms with Gasteiger partial charge in [-0.05, 0) is 36.2 Å². The summed E-state index contributed by atoms with van der Waals surface area (Å²) in [5, 5.41) is 0.808. The highest BCUT2D eigenvalue weighted by Gasteiger charge is 2.28. The van der Waals surface area contributed by atoms with E-state index >= 15 is 0 Å². The minimum atomic E-state index is 0.0522. The molecule has 4 rings (SSSR count). The average Bonchev–Trinajstić information content (AvgIpc) is 3.17. The Kier molecular flexibility index (Phi) is 4.06. The highest BCUT2D eigenvalue weighted by Crippen LogP contribution is 2.30. The van der Waals surface area contributed by atoms with E-state index in [1.165, 1.54) is 5.56 Å². The van der Waals surface area contributed by atoms with Crippen molar-refractivity contribution >= 4 is 16.8 Å². The van der Waals surface area contributed by atoms with E-state index in [1.54, 1.807) is 31.8 Å². The number of likely N-dealkylation sites (tertiary alicyclic amines) is 1. The molecule has 3 aromatic rings. The van der Waals surface area contributed by atoms with Gasteiger partial charge in [0.2, 0.25) is 0 Å². The molecule has 0 N–H and O–H groups in total. The predicted octanol–water partition coefficient (Wildman–Crippen LogP) is 3.27. The second-order valence-corrected chi connectivity index (χ2v) is 6.26. The van der Waals surface area contributed by atoms with Crippen LogP contribution in [0.1, 0.15) is 28.3 Å². The van der Waals surface area contributed by atoms with E-state index in [1.807, 2.05) is 23.1 Å². The Morgan fingerprint density at radius 2 is 2.00 bits per heavy atom. The number of pyridine rings is 2. The summed E-state index contributed by atoms with van der Waals surface area (Å²) in [5.41, 5.74) is 2.72. The monoisotopic (exact) mass is 333 g/mol. The molecule has 0 bridgehead atoms. The fourth-order valence-corrected chi connectivity index (χ4v) is 3.44. The van der Waals surface area contributed by atoms with Crippen LogP contribution < -0.4 is 4.74 Å². The van der Waals surface area contributed by atoms with Gasteiger partial charge in [0, 0.05) is 43.0 Å². The number of benzene rings is 1. The smallest absolute Gasteiger partial charge is 0.254 e. The summed E-state index contributed by atoms with van der Waals surface area (Å²) in [6.07, 6.45) is 6.07. The summed E-state index contributed by atoms with van der Waals surface area (Å²) in [4.78, 5) is 23.4. The normalized spacial score (nSPS) is 17.0. The summed E-state index contributed by atoms with van der Waals surface area (Å²) in [7, 11) is 1.67. The van der Waals surface area contributed by atoms with Crippen LogP contribution in [0.5, 0.6) is 5.75 Å². The van der Waals surface area contributed by atoms with E-state index in [0.29, 0.717) is 11.5 Å². The number of fused-ring (bicyclic) bond motifs is 1. The Balaban J connectivity index is 1.55. The highest BCUT2D eigenvalue weighted by molar-refractivity contribution is 6.05. The standard InChI is InChI=1S/C20H19N3O2/c1-25-16-4-2-14(3-5-16)15-8-11-23(13-15)20(24)17-6-10-22-19-7-9-21-12-18(17)19/h2-7,9-10,12,15H,8,11,13H2,1H3/t15-/m0/s1. The third kappa shape index (κ3) is 2.93. The van der Waals surface area contributed by atoms with Gasteiger partial charge in [0.25, 0.3) is 5.91 Å². The number of hydrogen-bond donors (Lipinski definition) is 0. The topological polar surface area (TPSA) is 55.3 Å². The number of nitrogens with zero attached hydrogens (tertiary/aromatic N) is 3. The van der Waals surface area contributed by atoms with Crippen molar-refractivity contribution in [2.75, 3.05) is 20.2 Å². The lowest BCUT2D eigenvalue weighted by Crippen LogP contribution is -2.28. The molecule has 0 unspecified atom stereocenters. The summed E-state index contributed by atoms with van der Waals surface area (Å²) < 4.78 is 5.21. The number of carbonyl (C=O) groups excluding carboxylic acids is 1. The van der Waals surface area contributed by atoms with E-state index in [2.05, 4.69) is 22.1 Å². The van der Waals surface area contributed by atoms with Crippen molar-refractivity contribution in [1.29, 1.82) is 0 Å². The fraction of sp³-hybridized carbons (Fsp3) is 0.250. The van der Waals surface area contributed by atoms with Gasteiger partial charge >= 0.3 is 0 Å². The molecule has 25 heavy (non-hydrogen) atoms. The zero-order chi connectivity index (χ0) is 17.2. The molecule has 0 saturated carbocycles. The number of carbonyl (C=O) groups is 1. The molecule has 0 radical (unpaired) electrons. The molecule has 1 aliphatic heterocycles. The number of amides is 1. The Hall–Kier alpha value is -2.95. The molecule has 2 aromatic heterocycles. The van der Waals surface area contributed by atoms with Gasteiger partial charge in [-0.25, -0.2) is 0 Å². The highest BCUT2D eigenvalue weighted by atomic mass is 16.5. The SMILES string of the molecule is COc1ccc([C@H]2CCN(C(=O)c3ccnc4ccncc34)C2)cc1. The number of aromatic nitrogens is 2. The van der Waals surface area contributed by atoms with Crippen molar-refractivity contribution in [3.05, 3.63) is 66.1 Å². The maximum Gasteiger partial charge on any atom is 0.254 e. The number of rotatable bonds is 3. The maximum absolute atomic E-state index is 13.0. The zero-order valence-electron chi connectivity index (χ0n) is 14.1. The second kappa shape index (κ2) is 6.51. The summed E-state index contributed by atoms with van der Waals surface area (Å²) >= 11 is 0. The first-order valence-electron chi connectivity index (χ1n) is 8.38. The Morgan fingerprint density at radius 3 is 2.80 bits per heavy atom. The van der Waals surface area contributed by atoms with Crippen LogP contribution in [-0.4, -0.2) is 41.0 Å². The van der Waals surface area contributed by atoms with Crippen LogP contribution in [0.2, 0.25) is 0 Å². The first-order chi connectivity index (χ1) is 12.3. The van der Waals surface area contributed by atoms with E-state index < -0.39 is 0 Å². The van der Waals surface area contributed by atoms with Crippen LogP contribution in [0, 0.1) is 0 Å². The van der Waals surface area contributed by atoms with Crippen LogP contribution in [0.15, 0.2) is 55.0 Å². The maximum atomic E-state index is 13.0. The van der Waals surface area contributed by atoms with E-state index in [0.717, 1.165) is 36.2 Å². The van der Waals surface area contributed by atoms with Crippen molar-refractivity contribution in [1.82, 2.24) is 14.9 Å². The van der Waals surface area contributed by atoms with Gasteiger partial charge in [-0.15, -0.1) is 0 Å². The predicted molar refractivity (Wildman–Crippen MR) is 95.8 cm³/mol. The first kappa shape index (κ1) is 15.6. The molecule has 1 aromatic carbocycles. The second-order valence-electron chi connectivity index (χ2n) is 6.26. The Bertz CT molecular complexity index is 903. The third-order valence-electron chi connectivity index (χ3n) is 4.84. The van der Waals surface area contributed by atoms with Gasteiger partial charge in [-0.1, -0.05) is 12.1 Å². The van der Waals surface area contributed by atoms with E-state index in [9.17, 15) is 4.79 Å². The molecular weight excluding hydrogens is 314 g/mol. The van der Waals surface area contributed by atoms with Crippen molar-refractivity contribution in [3.8, 4) is 5.75 Å². The van der Waals surface area contributed by atoms with Crippen molar-refractivity contribution in [3.63, 3.8) is 0 Å². The minimum absolute atomic E-state index is 0.0522. The molecule has 5 heteroatoms. The molecule has 5 nitrogen and oxygen atoms in total. The summed E-state index contributed by atoms with van der Waals surface area (Å²) in [6.45, 7) is 1.49. The number of hydrogen-bond acceptors (Lipinski definition) is 4. The van der Waals surface area contributed by atoms with Gasteiger partial charge in [-0.3, -0.25) is 14.8 Å². The van der Waals surface area contributed by atoms with Crippen LogP contribution in [0.4, 0.5) is 0 Å². The van der Waals surface area contributed by atoms with Crippen molar-refractivity contribution < 1.29 is 9.53 Å². The molecule has 0 aliphatic carbocycles. The third-order valence-corrected chi connectivity index (χ3v) is 4.84. The quantitative estimate of drug-likeness (QED) is 0.738. The molecule has 1 aliphatic rings. The number of methoxy groups -OCH3 is 1. The van der Waals surface area contributed by atoms with Crippen LogP contribution in [0.25, 0.3) is 10.9 Å². The lowest BCUT2D eigenvalue weighted by atomic mass is 9.98. The molecule has 1 saturated heterocycles. The molecule has 1 fully saturated rings. The van der Waals surface area contributed by atoms with Crippen LogP contribution in [0.3, 0.4) is 0 Å². The minimum Gasteiger partial charge on any atom is -0.497 e. The molecule has 3 heterocycles. The lowest BCUT2D eigenvalue weighted by molar-refractivity contribution is 0.0792. The molecule has 0 spiro atoms. The van der Waals surface area contributed by atoms with E-state index in [-0.39, 0.29) is 5.91 Å². The van der Waals surface area contributed by atoms with Gasteiger partial charge in [0.1, 0.15) is 5.75 Å². The molecular formula is C20H19N3O2. The van der Waals surface area contributed by atoms with E-state index in [4.69, 9.17) is 4.74 Å². The molecule has 126 valence electrons. The van der Waals surface area contributed by atoms with Crippen molar-refractivity contribution in [2.45, 2.75) is 12.3 Å². The zero-order valence-corrected chi connectivity index (χ0v) is 14.1. The van der Waals surface area contributed by atoms with Crippen LogP contribution in [-0.2, 0) is 0 Å². The largest absolute Gasteiger partial charge is 0.497 e. The first-order valence-corrected chi connectivity index (χ1v) is 8.38. The Morgan fingerprint density at radius 1 is 1.16 bits per heavy atom. The van der Waals surface area contributed by atoms with Gasteiger partial charge in [0.05, 0.1) is 18.2 Å². The summed E-state index contributed by atoms with van der Waals surface area (Å²) in [6, 6.07) is 11.7. The lowest BCUT2D eigenvalue weighted by Gasteiger charge is -2.18. The van der Waals surface area contributed by atoms with Gasteiger partial charge < -0.3 is 9.64 Å². The van der Waals surface area contributed by atoms with Gasteiger partial charge in [-0.2, -0.15) is 0 Å².